The minimum atomic E-state index is -1.21. The highest BCUT2D eigenvalue weighted by Crippen LogP contribution is 2.13. The van der Waals surface area contributed by atoms with Crippen molar-refractivity contribution in [3.8, 4) is 0 Å². The summed E-state index contributed by atoms with van der Waals surface area (Å²) in [6.45, 7) is 3.23. The molecule has 4 heteroatoms. The van der Waals surface area contributed by atoms with Gasteiger partial charge in [-0.1, -0.05) is 89.0 Å². The number of esters is 1. The molecule has 0 aromatic heterocycles. The monoisotopic (exact) mass is 376 g/mol. The second kappa shape index (κ2) is 14.4. The third-order valence-electron chi connectivity index (χ3n) is 4.78. The van der Waals surface area contributed by atoms with Crippen LogP contribution in [0.25, 0.3) is 0 Å². The van der Waals surface area contributed by atoms with Crippen molar-refractivity contribution in [2.75, 3.05) is 6.61 Å². The topological polar surface area (TPSA) is 63.6 Å². The largest absolute Gasteiger partial charge is 0.455 e. The van der Waals surface area contributed by atoms with Gasteiger partial charge >= 0.3 is 5.97 Å². The fraction of sp³-hybridized carbons (Fsp3) is 0.652. The number of carbonyl (C=O) groups is 2. The van der Waals surface area contributed by atoms with Crippen LogP contribution < -0.4 is 0 Å². The van der Waals surface area contributed by atoms with Crippen molar-refractivity contribution in [1.29, 1.82) is 0 Å². The molecule has 0 aliphatic rings. The number of Topliss-reactive ketones (excluding diaryl/α,β-unsaturated/α-hetero) is 1. The average Bonchev–Trinajstić information content (AvgIpc) is 2.67. The molecule has 0 amide bonds. The predicted molar refractivity (Wildman–Crippen MR) is 109 cm³/mol. The van der Waals surface area contributed by atoms with Gasteiger partial charge in [0.2, 0.25) is 0 Å². The molecule has 0 aliphatic heterocycles. The number of aryl methyl sites for hydroxylation is 1. The van der Waals surface area contributed by atoms with Gasteiger partial charge in [0, 0.05) is 5.56 Å². The molecule has 1 N–H and O–H groups in total. The van der Waals surface area contributed by atoms with E-state index < -0.39 is 12.1 Å². The number of ketones is 1. The minimum absolute atomic E-state index is 0.255. The molecule has 0 aliphatic carbocycles. The molecule has 1 unspecified atom stereocenters. The number of hydrogen-bond acceptors (Lipinski definition) is 4. The smallest absolute Gasteiger partial charge is 0.335 e. The third-order valence-corrected chi connectivity index (χ3v) is 4.78. The zero-order valence-corrected chi connectivity index (χ0v) is 17.0. The van der Waals surface area contributed by atoms with E-state index in [9.17, 15) is 9.59 Å². The number of ether oxygens (including phenoxy) is 1. The van der Waals surface area contributed by atoms with Gasteiger partial charge in [0.25, 0.3) is 0 Å². The molecule has 0 fully saturated rings. The minimum Gasteiger partial charge on any atom is -0.455 e. The van der Waals surface area contributed by atoms with Crippen molar-refractivity contribution < 1.29 is 19.4 Å². The Balaban J connectivity index is 2.14. The van der Waals surface area contributed by atoms with Crippen molar-refractivity contribution in [2.45, 2.75) is 90.6 Å². The zero-order valence-electron chi connectivity index (χ0n) is 17.0. The number of aliphatic hydroxyl groups excluding tert-OH is 1. The Morgan fingerprint density at radius 2 is 1.41 bits per heavy atom. The van der Waals surface area contributed by atoms with E-state index in [0.29, 0.717) is 5.56 Å². The Hall–Kier alpha value is -1.68. The SMILES string of the molecule is CCCCCCCCCCCCc1ccc(C(=O)COC(=O)C(C)O)cc1. The van der Waals surface area contributed by atoms with Crippen LogP contribution in [0, 0.1) is 0 Å². The van der Waals surface area contributed by atoms with E-state index in [-0.39, 0.29) is 12.4 Å². The number of aliphatic hydroxyl groups is 1. The zero-order chi connectivity index (χ0) is 19.9. The molecule has 0 bridgehead atoms. The van der Waals surface area contributed by atoms with Gasteiger partial charge in [-0.05, 0) is 25.3 Å². The summed E-state index contributed by atoms with van der Waals surface area (Å²) in [6, 6.07) is 7.50. The number of benzene rings is 1. The van der Waals surface area contributed by atoms with Gasteiger partial charge in [0.05, 0.1) is 0 Å². The number of unbranched alkanes of at least 4 members (excludes halogenated alkanes) is 9. The van der Waals surface area contributed by atoms with Gasteiger partial charge < -0.3 is 9.84 Å². The second-order valence-electron chi connectivity index (χ2n) is 7.34. The molecular formula is C23H36O4. The van der Waals surface area contributed by atoms with Gasteiger partial charge in [-0.2, -0.15) is 0 Å². The van der Waals surface area contributed by atoms with Gasteiger partial charge in [-0.25, -0.2) is 4.79 Å². The number of rotatable bonds is 15. The normalized spacial score (nSPS) is 12.0. The van der Waals surface area contributed by atoms with Crippen molar-refractivity contribution >= 4 is 11.8 Å². The average molecular weight is 377 g/mol. The fourth-order valence-corrected chi connectivity index (χ4v) is 3.01. The Kier molecular flexibility index (Phi) is 12.4. The van der Waals surface area contributed by atoms with Crippen molar-refractivity contribution in [2.24, 2.45) is 0 Å². The van der Waals surface area contributed by atoms with Crippen LogP contribution >= 0.6 is 0 Å². The molecular weight excluding hydrogens is 340 g/mol. The van der Waals surface area contributed by atoms with Crippen LogP contribution in [0.3, 0.4) is 0 Å². The van der Waals surface area contributed by atoms with E-state index in [2.05, 4.69) is 6.92 Å². The Labute approximate surface area is 164 Å². The maximum atomic E-state index is 12.0. The van der Waals surface area contributed by atoms with Crippen molar-refractivity contribution in [3.63, 3.8) is 0 Å². The summed E-state index contributed by atoms with van der Waals surface area (Å²) < 4.78 is 4.75. The van der Waals surface area contributed by atoms with Crippen LogP contribution in [0.15, 0.2) is 24.3 Å². The Morgan fingerprint density at radius 3 is 1.93 bits per heavy atom. The third kappa shape index (κ3) is 10.9. The van der Waals surface area contributed by atoms with E-state index >= 15 is 0 Å². The quantitative estimate of drug-likeness (QED) is 0.258. The first-order valence-corrected chi connectivity index (χ1v) is 10.5. The summed E-state index contributed by atoms with van der Waals surface area (Å²) in [5.41, 5.74) is 1.76. The molecule has 152 valence electrons. The first-order valence-electron chi connectivity index (χ1n) is 10.5. The van der Waals surface area contributed by atoms with Crippen LogP contribution in [0.5, 0.6) is 0 Å². The first kappa shape index (κ1) is 23.4. The molecule has 1 aromatic rings. The molecule has 1 aromatic carbocycles. The van der Waals surface area contributed by atoms with E-state index in [0.717, 1.165) is 6.42 Å². The van der Waals surface area contributed by atoms with E-state index in [1.165, 1.54) is 76.7 Å². The molecule has 0 saturated carbocycles. The lowest BCUT2D eigenvalue weighted by Gasteiger charge is -2.07. The van der Waals surface area contributed by atoms with Gasteiger partial charge in [-0.15, -0.1) is 0 Å². The van der Waals surface area contributed by atoms with Crippen LogP contribution in [0.4, 0.5) is 0 Å². The molecule has 0 heterocycles. The summed E-state index contributed by atoms with van der Waals surface area (Å²) in [6.07, 6.45) is 13.1. The molecule has 0 spiro atoms. The summed E-state index contributed by atoms with van der Waals surface area (Å²) in [5, 5.41) is 9.05. The maximum absolute atomic E-state index is 12.0. The van der Waals surface area contributed by atoms with Crippen LogP contribution in [-0.4, -0.2) is 29.6 Å². The lowest BCUT2D eigenvalue weighted by molar-refractivity contribution is -0.151. The fourth-order valence-electron chi connectivity index (χ4n) is 3.01. The summed E-state index contributed by atoms with van der Waals surface area (Å²) in [5.74, 6) is -1.03. The molecule has 1 rings (SSSR count). The summed E-state index contributed by atoms with van der Waals surface area (Å²) in [4.78, 5) is 23.1. The van der Waals surface area contributed by atoms with Crippen LogP contribution in [-0.2, 0) is 16.0 Å². The van der Waals surface area contributed by atoms with E-state index in [1.54, 1.807) is 12.1 Å². The Morgan fingerprint density at radius 1 is 0.889 bits per heavy atom. The van der Waals surface area contributed by atoms with E-state index in [1.807, 2.05) is 12.1 Å². The molecule has 1 atom stereocenters. The molecule has 0 radical (unpaired) electrons. The highest BCUT2D eigenvalue weighted by atomic mass is 16.5. The predicted octanol–water partition coefficient (Wildman–Crippen LogP) is 5.26. The van der Waals surface area contributed by atoms with Crippen LogP contribution in [0.2, 0.25) is 0 Å². The summed E-state index contributed by atoms with van der Waals surface area (Å²) in [7, 11) is 0. The van der Waals surface area contributed by atoms with Gasteiger partial charge in [-0.3, -0.25) is 4.79 Å². The highest BCUT2D eigenvalue weighted by molar-refractivity contribution is 5.98. The van der Waals surface area contributed by atoms with Gasteiger partial charge in [0.1, 0.15) is 6.10 Å². The molecule has 0 saturated heterocycles. The molecule has 27 heavy (non-hydrogen) atoms. The first-order chi connectivity index (χ1) is 13.0. The lowest BCUT2D eigenvalue weighted by atomic mass is 10.0. The standard InChI is InChI=1S/C23H36O4/c1-3-4-5-6-7-8-9-10-11-12-13-20-14-16-21(17-15-20)22(25)18-27-23(26)19(2)24/h14-17,19,24H,3-13,18H2,1-2H3. The van der Waals surface area contributed by atoms with Gasteiger partial charge in [0.15, 0.2) is 12.4 Å². The van der Waals surface area contributed by atoms with Crippen molar-refractivity contribution in [1.82, 2.24) is 0 Å². The lowest BCUT2D eigenvalue weighted by Crippen LogP contribution is -2.22. The van der Waals surface area contributed by atoms with E-state index in [4.69, 9.17) is 9.84 Å². The van der Waals surface area contributed by atoms with Crippen molar-refractivity contribution in [3.05, 3.63) is 35.4 Å². The van der Waals surface area contributed by atoms with Crippen LogP contribution in [0.1, 0.15) is 94.0 Å². The number of hydrogen-bond donors (Lipinski definition) is 1. The maximum Gasteiger partial charge on any atom is 0.335 e. The second-order valence-corrected chi connectivity index (χ2v) is 7.34. The number of carbonyl (C=O) groups excluding carboxylic acids is 2. The highest BCUT2D eigenvalue weighted by Gasteiger charge is 2.13. The Bertz CT molecular complexity index is 534. The molecule has 4 nitrogen and oxygen atoms in total. The summed E-state index contributed by atoms with van der Waals surface area (Å²) >= 11 is 0.